The van der Waals surface area contributed by atoms with E-state index in [2.05, 4.69) is 36.0 Å². The zero-order valence-electron chi connectivity index (χ0n) is 5.75. The van der Waals surface area contributed by atoms with Gasteiger partial charge in [-0.15, -0.1) is 0 Å². The minimum absolute atomic E-state index is 0.00500. The molecule has 0 saturated heterocycles. The first-order chi connectivity index (χ1) is 5.65. The number of phenolic OH excluding ortho intramolecular Hbond substituents is 1. The third kappa shape index (κ3) is 1.98. The Morgan fingerprint density at radius 2 is 2.17 bits per heavy atom. The highest BCUT2D eigenvalue weighted by molar-refractivity contribution is 9.10. The van der Waals surface area contributed by atoms with E-state index < -0.39 is 5.97 Å². The van der Waals surface area contributed by atoms with E-state index >= 15 is 0 Å². The number of aromatic hydroxyl groups is 1. The zero-order chi connectivity index (χ0) is 9.14. The van der Waals surface area contributed by atoms with Gasteiger partial charge >= 0.3 is 5.97 Å². The number of benzene rings is 1. The van der Waals surface area contributed by atoms with E-state index in [9.17, 15) is 9.90 Å². The third-order valence-corrected chi connectivity index (χ3v) is 2.22. The maximum Gasteiger partial charge on any atom is 0.349 e. The van der Waals surface area contributed by atoms with Crippen molar-refractivity contribution < 1.29 is 13.7 Å². The van der Waals surface area contributed by atoms with Crippen molar-refractivity contribution in [2.45, 2.75) is 0 Å². The van der Waals surface area contributed by atoms with Crippen LogP contribution in [0.4, 0.5) is 0 Å². The Bertz CT molecular complexity index is 312. The lowest BCUT2D eigenvalue weighted by Crippen LogP contribution is -1.96. The van der Waals surface area contributed by atoms with Crippen LogP contribution in [-0.2, 0) is 3.83 Å². The van der Waals surface area contributed by atoms with Crippen LogP contribution in [0, 0.1) is 0 Å². The topological polar surface area (TPSA) is 46.5 Å². The first kappa shape index (κ1) is 9.54. The van der Waals surface area contributed by atoms with Crippen molar-refractivity contribution in [3.63, 3.8) is 0 Å². The number of carbonyl (C=O) groups is 1. The van der Waals surface area contributed by atoms with Gasteiger partial charge in [0.05, 0.1) is 10.0 Å². The van der Waals surface area contributed by atoms with E-state index in [0.29, 0.717) is 4.47 Å². The van der Waals surface area contributed by atoms with Gasteiger partial charge in [0.1, 0.15) is 5.75 Å². The molecule has 0 fully saturated rings. The smallest absolute Gasteiger partial charge is 0.349 e. The van der Waals surface area contributed by atoms with Gasteiger partial charge in [-0.1, -0.05) is 0 Å². The molecule has 0 radical (unpaired) electrons. The molecule has 3 nitrogen and oxygen atoms in total. The Morgan fingerprint density at radius 1 is 1.50 bits per heavy atom. The summed E-state index contributed by atoms with van der Waals surface area (Å²) in [5, 5.41) is 9.17. The molecule has 0 amide bonds. The molecule has 1 rings (SSSR count). The van der Waals surface area contributed by atoms with Crippen molar-refractivity contribution in [3.05, 3.63) is 28.2 Å². The molecule has 5 heteroatoms. The van der Waals surface area contributed by atoms with Crippen LogP contribution in [0.2, 0.25) is 0 Å². The van der Waals surface area contributed by atoms with Crippen molar-refractivity contribution in [1.29, 1.82) is 0 Å². The van der Waals surface area contributed by atoms with Crippen LogP contribution in [0.15, 0.2) is 22.7 Å². The predicted octanol–water partition coefficient (Wildman–Crippen LogP) is 2.62. The van der Waals surface area contributed by atoms with Gasteiger partial charge in [0.2, 0.25) is 0 Å². The molecule has 0 aromatic heterocycles. The summed E-state index contributed by atoms with van der Waals surface area (Å²) < 4.78 is 4.81. The van der Waals surface area contributed by atoms with Crippen molar-refractivity contribution in [2.24, 2.45) is 0 Å². The molecule has 0 heterocycles. The molecule has 0 unspecified atom stereocenters. The maximum absolute atomic E-state index is 10.9. The van der Waals surface area contributed by atoms with E-state index in [4.69, 9.17) is 0 Å². The molecule has 0 spiro atoms. The minimum atomic E-state index is -0.544. The summed E-state index contributed by atoms with van der Waals surface area (Å²) in [7, 11) is 0. The molecule has 0 aliphatic heterocycles. The van der Waals surface area contributed by atoms with E-state index in [-0.39, 0.29) is 11.3 Å². The summed E-state index contributed by atoms with van der Waals surface area (Å²) in [4.78, 5) is 10.9. The summed E-state index contributed by atoms with van der Waals surface area (Å²) in [5.41, 5.74) is 0.285. The lowest BCUT2D eigenvalue weighted by Gasteiger charge is -1.99. The maximum atomic E-state index is 10.9. The second-order valence-electron chi connectivity index (χ2n) is 2.03. The lowest BCUT2D eigenvalue weighted by atomic mass is 10.2. The minimum Gasteiger partial charge on any atom is -0.507 e. The molecular weight excluding hydrogens is 292 g/mol. The Labute approximate surface area is 85.9 Å². The van der Waals surface area contributed by atoms with Crippen molar-refractivity contribution in [1.82, 2.24) is 0 Å². The standard InChI is InChI=1S/C7H4Br2O3/c8-5-2-1-4(3-6(5)10)7(11)12-9/h1-3,10H. The molecule has 0 saturated carbocycles. The van der Waals surface area contributed by atoms with E-state index in [0.717, 1.165) is 0 Å². The highest BCUT2D eigenvalue weighted by Crippen LogP contribution is 2.24. The molecule has 0 bridgehead atoms. The number of hydrogen-bond acceptors (Lipinski definition) is 3. The van der Waals surface area contributed by atoms with Gasteiger partial charge in [0.15, 0.2) is 16.3 Å². The first-order valence-electron chi connectivity index (χ1n) is 2.96. The zero-order valence-corrected chi connectivity index (χ0v) is 8.92. The number of carbonyl (C=O) groups excluding carboxylic acids is 1. The summed E-state index contributed by atoms with van der Waals surface area (Å²) >= 11 is 5.64. The van der Waals surface area contributed by atoms with Crippen LogP contribution in [0.25, 0.3) is 0 Å². The van der Waals surface area contributed by atoms with Crippen LogP contribution < -0.4 is 0 Å². The Morgan fingerprint density at radius 3 is 2.67 bits per heavy atom. The second-order valence-corrected chi connectivity index (χ2v) is 3.21. The summed E-state index contributed by atoms with van der Waals surface area (Å²) in [6.07, 6.45) is 0. The van der Waals surface area contributed by atoms with Crippen molar-refractivity contribution >= 4 is 38.2 Å². The number of hydrogen-bond donors (Lipinski definition) is 1. The average Bonchev–Trinajstić information content (AvgIpc) is 2.08. The van der Waals surface area contributed by atoms with Crippen LogP contribution in [0.1, 0.15) is 10.4 Å². The van der Waals surface area contributed by atoms with Gasteiger partial charge in [0.25, 0.3) is 0 Å². The molecule has 1 N–H and O–H groups in total. The SMILES string of the molecule is O=C(OBr)c1ccc(Br)c(O)c1. The summed E-state index contributed by atoms with van der Waals surface area (Å²) in [6, 6.07) is 4.41. The Balaban J connectivity index is 3.05. The molecule has 12 heavy (non-hydrogen) atoms. The molecule has 0 aliphatic rings. The fourth-order valence-corrected chi connectivity index (χ4v) is 1.12. The quantitative estimate of drug-likeness (QED) is 0.866. The Kier molecular flexibility index (Phi) is 3.11. The second kappa shape index (κ2) is 3.91. The van der Waals surface area contributed by atoms with Crippen LogP contribution in [0.3, 0.4) is 0 Å². The van der Waals surface area contributed by atoms with E-state index in [1.54, 1.807) is 6.07 Å². The van der Waals surface area contributed by atoms with Crippen molar-refractivity contribution in [2.75, 3.05) is 0 Å². The molecular formula is C7H4Br2O3. The van der Waals surface area contributed by atoms with Crippen LogP contribution in [0.5, 0.6) is 5.75 Å². The Hall–Kier alpha value is -0.550. The normalized spacial score (nSPS) is 9.50. The number of phenols is 1. The van der Waals surface area contributed by atoms with E-state index in [1.807, 2.05) is 0 Å². The van der Waals surface area contributed by atoms with E-state index in [1.165, 1.54) is 12.1 Å². The summed E-state index contributed by atoms with van der Waals surface area (Å²) in [5.74, 6) is -0.539. The predicted molar refractivity (Wildman–Crippen MR) is 50.1 cm³/mol. The van der Waals surface area contributed by atoms with Gasteiger partial charge in [0, 0.05) is 0 Å². The highest BCUT2D eigenvalue weighted by Gasteiger charge is 2.07. The van der Waals surface area contributed by atoms with Crippen LogP contribution in [-0.4, -0.2) is 11.1 Å². The monoisotopic (exact) mass is 294 g/mol. The average molecular weight is 296 g/mol. The lowest BCUT2D eigenvalue weighted by molar-refractivity contribution is 0.0781. The van der Waals surface area contributed by atoms with Crippen LogP contribution >= 0.6 is 32.2 Å². The molecule has 64 valence electrons. The van der Waals surface area contributed by atoms with Gasteiger partial charge in [-0.25, -0.2) is 4.79 Å². The van der Waals surface area contributed by atoms with Gasteiger partial charge in [-0.05, 0) is 34.1 Å². The highest BCUT2D eigenvalue weighted by atomic mass is 79.9. The van der Waals surface area contributed by atoms with Gasteiger partial charge in [-0.2, -0.15) is 0 Å². The fourth-order valence-electron chi connectivity index (χ4n) is 0.684. The number of halogens is 2. The summed E-state index contributed by atoms with van der Waals surface area (Å²) in [6.45, 7) is 0. The fraction of sp³-hybridized carbons (Fsp3) is 0. The van der Waals surface area contributed by atoms with Gasteiger partial charge < -0.3 is 8.93 Å². The first-order valence-corrected chi connectivity index (χ1v) is 4.40. The molecule has 1 aromatic carbocycles. The van der Waals surface area contributed by atoms with Crippen molar-refractivity contribution in [3.8, 4) is 5.75 Å². The molecule has 1 aromatic rings. The molecule has 0 aliphatic carbocycles. The van der Waals surface area contributed by atoms with Gasteiger partial charge in [-0.3, -0.25) is 0 Å². The molecule has 0 atom stereocenters. The third-order valence-electron chi connectivity index (χ3n) is 1.25. The number of rotatable bonds is 1. The largest absolute Gasteiger partial charge is 0.507 e.